The van der Waals surface area contributed by atoms with Gasteiger partial charge in [-0.3, -0.25) is 0 Å². The molecule has 1 rings (SSSR count). The van der Waals surface area contributed by atoms with Crippen molar-refractivity contribution < 1.29 is 20.1 Å². The Morgan fingerprint density at radius 3 is 2.77 bits per heavy atom. The Morgan fingerprint density at radius 1 is 1.54 bits per heavy atom. The summed E-state index contributed by atoms with van der Waals surface area (Å²) < 4.78 is 0. The normalized spacial score (nSPS) is 12.4. The van der Waals surface area contributed by atoms with Crippen molar-refractivity contribution >= 4 is 5.97 Å². The van der Waals surface area contributed by atoms with Crippen LogP contribution in [0.2, 0.25) is 0 Å². The van der Waals surface area contributed by atoms with E-state index in [1.807, 2.05) is 0 Å². The van der Waals surface area contributed by atoms with Crippen molar-refractivity contribution in [1.29, 1.82) is 0 Å². The minimum atomic E-state index is -1.32. The molecule has 1 unspecified atom stereocenters. The molecule has 0 heterocycles. The molecular weight excluding hydrogens is 172 g/mol. The summed E-state index contributed by atoms with van der Waals surface area (Å²) in [5.41, 5.74) is 0.365. The molecule has 1 aromatic rings. The summed E-state index contributed by atoms with van der Waals surface area (Å²) in [5.74, 6) is -1.33. The average molecular weight is 181 g/mol. The third-order valence-electron chi connectivity index (χ3n) is 1.61. The summed E-state index contributed by atoms with van der Waals surface area (Å²) in [6.45, 7) is 0. The van der Waals surface area contributed by atoms with Crippen molar-refractivity contribution in [2.75, 3.05) is 0 Å². The van der Waals surface area contributed by atoms with Gasteiger partial charge in [0.1, 0.15) is 5.75 Å². The van der Waals surface area contributed by atoms with Gasteiger partial charge in [0.25, 0.3) is 0 Å². The fraction of sp³-hybridized carbons (Fsp3) is 0.222. The van der Waals surface area contributed by atoms with E-state index in [4.69, 9.17) is 5.11 Å². The number of phenols is 1. The lowest BCUT2D eigenvalue weighted by molar-refractivity contribution is -0.307. The van der Waals surface area contributed by atoms with Gasteiger partial charge in [0.15, 0.2) is 0 Å². The Labute approximate surface area is 75.1 Å². The summed E-state index contributed by atoms with van der Waals surface area (Å²) in [6.07, 6.45) is -1.60. The lowest BCUT2D eigenvalue weighted by Gasteiger charge is -2.11. The number of carboxylic acids is 1. The molecule has 0 radical (unpaired) electrons. The van der Waals surface area contributed by atoms with E-state index in [-0.39, 0.29) is 5.75 Å². The predicted molar refractivity (Wildman–Crippen MR) is 42.7 cm³/mol. The average Bonchev–Trinajstić information content (AvgIpc) is 2.03. The molecule has 2 N–H and O–H groups in total. The van der Waals surface area contributed by atoms with Crippen molar-refractivity contribution in [2.45, 2.75) is 12.5 Å². The molecule has 1 atom stereocenters. The number of hydrogen-bond donors (Lipinski definition) is 2. The van der Waals surface area contributed by atoms with E-state index in [0.717, 1.165) is 0 Å². The first-order valence-corrected chi connectivity index (χ1v) is 3.76. The second-order valence-electron chi connectivity index (χ2n) is 2.69. The molecule has 1 aromatic carbocycles. The molecule has 0 saturated heterocycles. The molecule has 0 aliphatic carbocycles. The first-order chi connectivity index (χ1) is 6.09. The van der Waals surface area contributed by atoms with Gasteiger partial charge in [0.05, 0.1) is 6.10 Å². The molecule has 0 saturated carbocycles. The number of carbonyl (C=O) groups is 1. The maximum Gasteiger partial charge on any atom is 0.115 e. The third kappa shape index (κ3) is 2.76. The van der Waals surface area contributed by atoms with Crippen LogP contribution in [-0.2, 0) is 4.79 Å². The van der Waals surface area contributed by atoms with Crippen LogP contribution in [0.25, 0.3) is 0 Å². The molecule has 0 amide bonds. The van der Waals surface area contributed by atoms with Crippen molar-refractivity contribution in [2.24, 2.45) is 0 Å². The Bertz CT molecular complexity index is 308. The van der Waals surface area contributed by atoms with Crippen LogP contribution in [0.15, 0.2) is 24.3 Å². The number of aromatic hydroxyl groups is 1. The molecule has 70 valence electrons. The molecule has 0 spiro atoms. The smallest absolute Gasteiger partial charge is 0.115 e. The molecule has 0 aromatic heterocycles. The highest BCUT2D eigenvalue weighted by atomic mass is 16.4. The van der Waals surface area contributed by atoms with Crippen LogP contribution >= 0.6 is 0 Å². The van der Waals surface area contributed by atoms with Gasteiger partial charge < -0.3 is 20.1 Å². The fourth-order valence-corrected chi connectivity index (χ4v) is 1.01. The fourth-order valence-electron chi connectivity index (χ4n) is 1.01. The zero-order valence-corrected chi connectivity index (χ0v) is 6.80. The highest BCUT2D eigenvalue weighted by molar-refractivity contribution is 5.65. The van der Waals surface area contributed by atoms with Crippen LogP contribution in [0, 0.1) is 0 Å². The van der Waals surface area contributed by atoms with Gasteiger partial charge in [0, 0.05) is 12.4 Å². The van der Waals surface area contributed by atoms with Crippen LogP contribution in [-0.4, -0.2) is 16.2 Å². The number of aliphatic hydroxyl groups is 1. The third-order valence-corrected chi connectivity index (χ3v) is 1.61. The topological polar surface area (TPSA) is 80.6 Å². The van der Waals surface area contributed by atoms with Crippen LogP contribution in [0.1, 0.15) is 18.1 Å². The Balaban J connectivity index is 2.76. The molecule has 13 heavy (non-hydrogen) atoms. The number of rotatable bonds is 3. The number of hydrogen-bond acceptors (Lipinski definition) is 4. The second-order valence-corrected chi connectivity index (χ2v) is 2.69. The SMILES string of the molecule is O=C([O-])CC(O)c1cccc(O)c1. The van der Waals surface area contributed by atoms with Crippen LogP contribution in [0.5, 0.6) is 5.75 Å². The molecule has 0 bridgehead atoms. The predicted octanol–water partition coefficient (Wildman–Crippen LogP) is -0.434. The first kappa shape index (κ1) is 9.54. The Kier molecular flexibility index (Phi) is 2.87. The van der Waals surface area contributed by atoms with E-state index < -0.39 is 18.5 Å². The van der Waals surface area contributed by atoms with E-state index >= 15 is 0 Å². The Hall–Kier alpha value is -1.55. The number of aliphatic carboxylic acids is 1. The van der Waals surface area contributed by atoms with Crippen molar-refractivity contribution in [3.05, 3.63) is 29.8 Å². The van der Waals surface area contributed by atoms with Gasteiger partial charge in [-0.1, -0.05) is 12.1 Å². The zero-order chi connectivity index (χ0) is 9.84. The van der Waals surface area contributed by atoms with Crippen LogP contribution in [0.4, 0.5) is 0 Å². The zero-order valence-electron chi connectivity index (χ0n) is 6.80. The van der Waals surface area contributed by atoms with Gasteiger partial charge in [-0.25, -0.2) is 0 Å². The van der Waals surface area contributed by atoms with E-state index in [9.17, 15) is 15.0 Å². The van der Waals surface area contributed by atoms with E-state index in [1.54, 1.807) is 0 Å². The maximum absolute atomic E-state index is 10.1. The first-order valence-electron chi connectivity index (χ1n) is 3.76. The van der Waals surface area contributed by atoms with Gasteiger partial charge in [-0.05, 0) is 17.7 Å². The number of carbonyl (C=O) groups excluding carboxylic acids is 1. The quantitative estimate of drug-likeness (QED) is 0.662. The number of aliphatic hydroxyl groups excluding tert-OH is 1. The molecule has 0 aliphatic heterocycles. The molecule has 4 nitrogen and oxygen atoms in total. The lowest BCUT2D eigenvalue weighted by Crippen LogP contribution is -2.24. The van der Waals surface area contributed by atoms with Gasteiger partial charge in [-0.2, -0.15) is 0 Å². The summed E-state index contributed by atoms with van der Waals surface area (Å²) in [7, 11) is 0. The maximum atomic E-state index is 10.1. The standard InChI is InChI=1S/C9H10O4/c10-7-3-1-2-6(4-7)8(11)5-9(12)13/h1-4,8,10-11H,5H2,(H,12,13)/p-1. The van der Waals surface area contributed by atoms with Crippen LogP contribution < -0.4 is 5.11 Å². The lowest BCUT2D eigenvalue weighted by atomic mass is 10.1. The number of phenolic OH excluding ortho intramolecular Hbond substituents is 1. The van der Waals surface area contributed by atoms with E-state index in [0.29, 0.717) is 5.56 Å². The Morgan fingerprint density at radius 2 is 2.23 bits per heavy atom. The summed E-state index contributed by atoms with van der Waals surface area (Å²) in [6, 6.07) is 5.82. The molecule has 0 fully saturated rings. The van der Waals surface area contributed by atoms with E-state index in [1.165, 1.54) is 24.3 Å². The van der Waals surface area contributed by atoms with Gasteiger partial charge in [-0.15, -0.1) is 0 Å². The monoisotopic (exact) mass is 181 g/mol. The van der Waals surface area contributed by atoms with Crippen LogP contribution in [0.3, 0.4) is 0 Å². The van der Waals surface area contributed by atoms with Crippen molar-refractivity contribution in [3.63, 3.8) is 0 Å². The summed E-state index contributed by atoms with van der Waals surface area (Å²) in [5, 5.41) is 28.4. The second kappa shape index (κ2) is 3.91. The highest BCUT2D eigenvalue weighted by Gasteiger charge is 2.07. The summed E-state index contributed by atoms with van der Waals surface area (Å²) >= 11 is 0. The highest BCUT2D eigenvalue weighted by Crippen LogP contribution is 2.19. The van der Waals surface area contributed by atoms with Crippen molar-refractivity contribution in [1.82, 2.24) is 0 Å². The van der Waals surface area contributed by atoms with Gasteiger partial charge >= 0.3 is 0 Å². The summed E-state index contributed by atoms with van der Waals surface area (Å²) in [4.78, 5) is 10.1. The van der Waals surface area contributed by atoms with Crippen molar-refractivity contribution in [3.8, 4) is 5.75 Å². The largest absolute Gasteiger partial charge is 0.550 e. The molecule has 0 aliphatic rings. The minimum Gasteiger partial charge on any atom is -0.550 e. The number of carboxylic acid groups (broad SMARTS) is 1. The molecular formula is C9H9O4-. The van der Waals surface area contributed by atoms with E-state index in [2.05, 4.69) is 0 Å². The van der Waals surface area contributed by atoms with Gasteiger partial charge in [0.2, 0.25) is 0 Å². The number of benzene rings is 1. The minimum absolute atomic E-state index is 0.00472. The molecule has 4 heteroatoms.